The molecule has 0 fully saturated rings. The minimum atomic E-state index is 0.0306. The number of thiophene rings is 1. The Hall–Kier alpha value is -1.07. The van der Waals surface area contributed by atoms with Crippen LogP contribution in [0.1, 0.15) is 34.6 Å². The summed E-state index contributed by atoms with van der Waals surface area (Å²) in [5.74, 6) is 0.0306. The van der Waals surface area contributed by atoms with E-state index in [0.29, 0.717) is 11.0 Å². The number of fused-ring (bicyclic) bond motifs is 1. The van der Waals surface area contributed by atoms with Crippen molar-refractivity contribution in [2.75, 3.05) is 26.4 Å². The van der Waals surface area contributed by atoms with Crippen LogP contribution in [0.5, 0.6) is 0 Å². The van der Waals surface area contributed by atoms with Crippen LogP contribution in [0.15, 0.2) is 0 Å². The van der Waals surface area contributed by atoms with Crippen LogP contribution in [-0.4, -0.2) is 42.4 Å². The fourth-order valence-corrected chi connectivity index (χ4v) is 3.48. The molecule has 2 N–H and O–H groups in total. The molecule has 0 spiro atoms. The van der Waals surface area contributed by atoms with Gasteiger partial charge in [0.25, 0.3) is 5.91 Å². The molecule has 0 unspecified atom stereocenters. The number of hydrogen-bond acceptors (Lipinski definition) is 4. The third-order valence-corrected chi connectivity index (χ3v) is 4.51. The molecule has 2 rings (SSSR count). The van der Waals surface area contributed by atoms with Crippen molar-refractivity contribution in [1.82, 2.24) is 9.80 Å². The Balaban J connectivity index is 2.35. The Bertz CT molecular complexity index is 465. The maximum Gasteiger partial charge on any atom is 0.256 e. The Labute approximate surface area is 112 Å². The zero-order valence-corrected chi connectivity index (χ0v) is 12.3. The molecule has 1 aliphatic heterocycles. The van der Waals surface area contributed by atoms with Gasteiger partial charge in [-0.2, -0.15) is 0 Å². The monoisotopic (exact) mass is 267 g/mol. The lowest BCUT2D eigenvalue weighted by Gasteiger charge is -2.30. The highest BCUT2D eigenvalue weighted by Crippen LogP contribution is 2.36. The molecule has 18 heavy (non-hydrogen) atoms. The van der Waals surface area contributed by atoms with Crippen molar-refractivity contribution in [2.45, 2.75) is 32.9 Å². The van der Waals surface area contributed by atoms with E-state index in [2.05, 4.69) is 18.7 Å². The van der Waals surface area contributed by atoms with E-state index < -0.39 is 0 Å². The van der Waals surface area contributed by atoms with Crippen LogP contribution < -0.4 is 5.73 Å². The van der Waals surface area contributed by atoms with Crippen molar-refractivity contribution in [3.63, 3.8) is 0 Å². The minimum absolute atomic E-state index is 0.0306. The third kappa shape index (κ3) is 2.24. The second-order valence-corrected chi connectivity index (χ2v) is 6.39. The van der Waals surface area contributed by atoms with E-state index in [1.807, 2.05) is 0 Å². The van der Waals surface area contributed by atoms with Crippen molar-refractivity contribution in [2.24, 2.45) is 0 Å². The van der Waals surface area contributed by atoms with Crippen LogP contribution >= 0.6 is 11.3 Å². The number of carbonyl (C=O) groups excluding carboxylic acids is 1. The molecule has 0 aliphatic carbocycles. The normalized spacial score (nSPS) is 15.8. The second-order valence-electron chi connectivity index (χ2n) is 5.26. The van der Waals surface area contributed by atoms with Gasteiger partial charge in [-0.15, -0.1) is 11.3 Å². The van der Waals surface area contributed by atoms with Gasteiger partial charge in [-0.3, -0.25) is 9.69 Å². The van der Waals surface area contributed by atoms with Crippen molar-refractivity contribution in [1.29, 1.82) is 0 Å². The van der Waals surface area contributed by atoms with Crippen LogP contribution in [0.3, 0.4) is 0 Å². The number of carbonyl (C=O) groups is 1. The van der Waals surface area contributed by atoms with Crippen LogP contribution in [0.25, 0.3) is 0 Å². The van der Waals surface area contributed by atoms with Gasteiger partial charge in [-0.05, 0) is 25.8 Å². The van der Waals surface area contributed by atoms with E-state index in [1.54, 1.807) is 30.3 Å². The van der Waals surface area contributed by atoms with Gasteiger partial charge in [0.05, 0.1) is 10.6 Å². The molecule has 0 aromatic carbocycles. The molecule has 0 saturated carbocycles. The van der Waals surface area contributed by atoms with Crippen molar-refractivity contribution in [3.05, 3.63) is 16.0 Å². The van der Waals surface area contributed by atoms with Crippen molar-refractivity contribution in [3.8, 4) is 0 Å². The SMILES string of the molecule is CC(C)N1CCc2c(sc(N)c2C(=O)N(C)C)C1. The molecule has 1 aromatic heterocycles. The molecule has 100 valence electrons. The van der Waals surface area contributed by atoms with E-state index in [9.17, 15) is 4.79 Å². The second kappa shape index (κ2) is 4.90. The zero-order chi connectivity index (χ0) is 13.4. The largest absolute Gasteiger partial charge is 0.390 e. The quantitative estimate of drug-likeness (QED) is 0.889. The molecule has 1 aliphatic rings. The first-order valence-electron chi connectivity index (χ1n) is 6.27. The summed E-state index contributed by atoms with van der Waals surface area (Å²) in [6.45, 7) is 6.33. The minimum Gasteiger partial charge on any atom is -0.390 e. The van der Waals surface area contributed by atoms with Crippen LogP contribution in [0.2, 0.25) is 0 Å². The molecule has 1 amide bonds. The molecule has 2 heterocycles. The number of anilines is 1. The van der Waals surface area contributed by atoms with Crippen LogP contribution in [0.4, 0.5) is 5.00 Å². The van der Waals surface area contributed by atoms with Crippen LogP contribution in [0, 0.1) is 0 Å². The Morgan fingerprint density at radius 2 is 2.11 bits per heavy atom. The van der Waals surface area contributed by atoms with Gasteiger partial charge in [0.15, 0.2) is 0 Å². The standard InChI is InChI=1S/C13H21N3OS/c1-8(2)16-6-5-9-10(7-16)18-12(14)11(9)13(17)15(3)4/h8H,5-7,14H2,1-4H3. The summed E-state index contributed by atoms with van der Waals surface area (Å²) in [4.78, 5) is 17.4. The fourth-order valence-electron chi connectivity index (χ4n) is 2.34. The molecule has 0 bridgehead atoms. The summed E-state index contributed by atoms with van der Waals surface area (Å²) in [5, 5.41) is 0.671. The predicted molar refractivity (Wildman–Crippen MR) is 76.0 cm³/mol. The maximum absolute atomic E-state index is 12.2. The summed E-state index contributed by atoms with van der Waals surface area (Å²) in [5.41, 5.74) is 7.95. The molecule has 0 radical (unpaired) electrons. The van der Waals surface area contributed by atoms with Gasteiger partial charge in [0.1, 0.15) is 0 Å². The summed E-state index contributed by atoms with van der Waals surface area (Å²) >= 11 is 1.57. The number of amides is 1. The first kappa shape index (κ1) is 13.4. The topological polar surface area (TPSA) is 49.6 Å². The van der Waals surface area contributed by atoms with Gasteiger partial charge < -0.3 is 10.6 Å². The number of nitrogens with zero attached hydrogens (tertiary/aromatic N) is 2. The number of rotatable bonds is 2. The van der Waals surface area contributed by atoms with E-state index in [4.69, 9.17) is 5.73 Å². The molecule has 5 heteroatoms. The highest BCUT2D eigenvalue weighted by Gasteiger charge is 2.28. The Kier molecular flexibility index (Phi) is 3.64. The van der Waals surface area contributed by atoms with Gasteiger partial charge >= 0.3 is 0 Å². The number of nitrogen functional groups attached to an aromatic ring is 1. The summed E-state index contributed by atoms with van der Waals surface area (Å²) in [6.07, 6.45) is 0.927. The maximum atomic E-state index is 12.2. The highest BCUT2D eigenvalue weighted by atomic mass is 32.1. The van der Waals surface area contributed by atoms with E-state index in [0.717, 1.165) is 25.1 Å². The van der Waals surface area contributed by atoms with Crippen molar-refractivity contribution < 1.29 is 4.79 Å². The van der Waals surface area contributed by atoms with E-state index in [1.165, 1.54) is 10.4 Å². The summed E-state index contributed by atoms with van der Waals surface area (Å²) in [7, 11) is 3.55. The van der Waals surface area contributed by atoms with E-state index in [-0.39, 0.29) is 5.91 Å². The van der Waals surface area contributed by atoms with Crippen molar-refractivity contribution >= 4 is 22.2 Å². The lowest BCUT2D eigenvalue weighted by atomic mass is 10.0. The predicted octanol–water partition coefficient (Wildman–Crippen LogP) is 1.80. The zero-order valence-electron chi connectivity index (χ0n) is 11.5. The molecule has 4 nitrogen and oxygen atoms in total. The van der Waals surface area contributed by atoms with Gasteiger partial charge in [-0.25, -0.2) is 0 Å². The Morgan fingerprint density at radius 3 is 2.67 bits per heavy atom. The lowest BCUT2D eigenvalue weighted by Crippen LogP contribution is -2.36. The average Bonchev–Trinajstić information content (AvgIpc) is 2.62. The molecule has 1 aromatic rings. The first-order chi connectivity index (χ1) is 8.41. The smallest absolute Gasteiger partial charge is 0.256 e. The molecule has 0 atom stereocenters. The molecule has 0 saturated heterocycles. The lowest BCUT2D eigenvalue weighted by molar-refractivity contribution is 0.0827. The summed E-state index contributed by atoms with van der Waals surface area (Å²) < 4.78 is 0. The first-order valence-corrected chi connectivity index (χ1v) is 7.09. The average molecular weight is 267 g/mol. The molecular weight excluding hydrogens is 246 g/mol. The van der Waals surface area contributed by atoms with E-state index >= 15 is 0 Å². The molecular formula is C13H21N3OS. The van der Waals surface area contributed by atoms with Gasteiger partial charge in [0.2, 0.25) is 0 Å². The Morgan fingerprint density at radius 1 is 1.44 bits per heavy atom. The van der Waals surface area contributed by atoms with Gasteiger partial charge in [-0.1, -0.05) is 0 Å². The van der Waals surface area contributed by atoms with Gasteiger partial charge in [0, 0.05) is 38.1 Å². The highest BCUT2D eigenvalue weighted by molar-refractivity contribution is 7.16. The third-order valence-electron chi connectivity index (χ3n) is 3.46. The fraction of sp³-hybridized carbons (Fsp3) is 0.615. The summed E-state index contributed by atoms with van der Waals surface area (Å²) in [6, 6.07) is 0.537. The number of hydrogen-bond donors (Lipinski definition) is 1. The van der Waals surface area contributed by atoms with Crippen LogP contribution in [-0.2, 0) is 13.0 Å². The number of nitrogens with two attached hydrogens (primary N) is 1.